The van der Waals surface area contributed by atoms with E-state index in [4.69, 9.17) is 4.74 Å². The molecule has 158 valence electrons. The van der Waals surface area contributed by atoms with Crippen molar-refractivity contribution in [2.75, 3.05) is 26.3 Å². The lowest BCUT2D eigenvalue weighted by atomic mass is 10.0. The van der Waals surface area contributed by atoms with Crippen molar-refractivity contribution in [3.63, 3.8) is 0 Å². The Labute approximate surface area is 172 Å². The van der Waals surface area contributed by atoms with E-state index in [0.29, 0.717) is 25.6 Å². The average molecular weight is 401 g/mol. The molecule has 1 atom stereocenters. The number of tetrazole rings is 1. The Hall–Kier alpha value is -2.32. The number of rotatable bonds is 8. The van der Waals surface area contributed by atoms with E-state index in [-0.39, 0.29) is 17.5 Å². The third-order valence-corrected chi connectivity index (χ3v) is 4.86. The van der Waals surface area contributed by atoms with Gasteiger partial charge in [0.05, 0.1) is 25.8 Å². The van der Waals surface area contributed by atoms with Gasteiger partial charge in [-0.2, -0.15) is 4.80 Å². The van der Waals surface area contributed by atoms with Crippen molar-refractivity contribution in [2.45, 2.75) is 58.2 Å². The van der Waals surface area contributed by atoms with Crippen molar-refractivity contribution in [3.05, 3.63) is 30.3 Å². The lowest BCUT2D eigenvalue weighted by molar-refractivity contribution is -0.130. The smallest absolute Gasteiger partial charge is 0.237 e. The highest BCUT2D eigenvalue weighted by Gasteiger charge is 2.29. The Morgan fingerprint density at radius 2 is 1.90 bits per heavy atom. The Kier molecular flexibility index (Phi) is 7.33. The highest BCUT2D eigenvalue weighted by atomic mass is 16.5. The molecule has 0 radical (unpaired) electrons. The molecule has 2 heterocycles. The zero-order valence-electron chi connectivity index (χ0n) is 17.7. The Bertz CT molecular complexity index is 765. The number of benzene rings is 1. The molecule has 0 aliphatic carbocycles. The van der Waals surface area contributed by atoms with Crippen LogP contribution in [0.4, 0.5) is 0 Å². The molecule has 8 heteroatoms. The third-order valence-electron chi connectivity index (χ3n) is 4.86. The number of hydrogen-bond donors (Lipinski definition) is 1. The first-order valence-corrected chi connectivity index (χ1v) is 10.4. The van der Waals surface area contributed by atoms with Crippen LogP contribution in [0.25, 0.3) is 11.4 Å². The lowest BCUT2D eigenvalue weighted by Crippen LogP contribution is -2.54. The maximum Gasteiger partial charge on any atom is 0.237 e. The van der Waals surface area contributed by atoms with E-state index in [9.17, 15) is 4.79 Å². The molecule has 3 rings (SSSR count). The molecule has 1 saturated heterocycles. The molecule has 1 N–H and O–H groups in total. The highest BCUT2D eigenvalue weighted by molar-refractivity contribution is 5.82. The Morgan fingerprint density at radius 3 is 2.59 bits per heavy atom. The van der Waals surface area contributed by atoms with Gasteiger partial charge in [-0.1, -0.05) is 30.3 Å². The minimum Gasteiger partial charge on any atom is -0.379 e. The minimum atomic E-state index is -0.236. The van der Waals surface area contributed by atoms with Gasteiger partial charge in [-0.25, -0.2) is 0 Å². The summed E-state index contributed by atoms with van der Waals surface area (Å²) in [5, 5.41) is 15.9. The molecule has 1 amide bonds. The number of carbonyl (C=O) groups is 1. The number of unbranched alkanes of at least 4 members (excludes halogenated alkanes) is 1. The van der Waals surface area contributed by atoms with E-state index in [1.54, 1.807) is 4.80 Å². The van der Waals surface area contributed by atoms with Gasteiger partial charge in [0.15, 0.2) is 0 Å². The molecule has 29 heavy (non-hydrogen) atoms. The number of aromatic nitrogens is 4. The lowest BCUT2D eigenvalue weighted by Gasteiger charge is -2.35. The van der Waals surface area contributed by atoms with Crippen molar-refractivity contribution < 1.29 is 9.53 Å². The van der Waals surface area contributed by atoms with Crippen molar-refractivity contribution in [3.8, 4) is 11.4 Å². The molecule has 1 aromatic heterocycles. The van der Waals surface area contributed by atoms with Gasteiger partial charge >= 0.3 is 0 Å². The largest absolute Gasteiger partial charge is 0.379 e. The van der Waals surface area contributed by atoms with E-state index in [1.165, 1.54) is 0 Å². The van der Waals surface area contributed by atoms with Crippen LogP contribution in [0.3, 0.4) is 0 Å². The molecule has 0 saturated carbocycles. The number of ether oxygens (including phenoxy) is 1. The molecule has 8 nitrogen and oxygen atoms in total. The number of nitrogens with one attached hydrogen (secondary N) is 1. The molecule has 1 aliphatic heterocycles. The summed E-state index contributed by atoms with van der Waals surface area (Å²) in [6.07, 6.45) is 2.62. The monoisotopic (exact) mass is 400 g/mol. The molecule has 1 aliphatic rings. The summed E-state index contributed by atoms with van der Waals surface area (Å²) >= 11 is 0. The van der Waals surface area contributed by atoms with Crippen LogP contribution in [0, 0.1) is 0 Å². The number of carbonyl (C=O) groups excluding carboxylic acids is 1. The predicted octanol–water partition coefficient (Wildman–Crippen LogP) is 2.13. The second-order valence-corrected chi connectivity index (χ2v) is 8.47. The summed E-state index contributed by atoms with van der Waals surface area (Å²) in [4.78, 5) is 16.7. The van der Waals surface area contributed by atoms with Crippen LogP contribution in [0.2, 0.25) is 0 Å². The maximum atomic E-state index is 12.8. The first-order valence-electron chi connectivity index (χ1n) is 10.4. The normalized spacial score (nSPS) is 16.5. The summed E-state index contributed by atoms with van der Waals surface area (Å²) in [7, 11) is 0. The average Bonchev–Trinajstić information content (AvgIpc) is 3.17. The van der Waals surface area contributed by atoms with Crippen molar-refractivity contribution in [1.29, 1.82) is 0 Å². The number of aryl methyl sites for hydroxylation is 1. The van der Waals surface area contributed by atoms with E-state index in [1.807, 2.05) is 51.1 Å². The Morgan fingerprint density at radius 1 is 1.17 bits per heavy atom. The first-order chi connectivity index (χ1) is 13.9. The number of hydrogen-bond acceptors (Lipinski definition) is 6. The SMILES string of the molecule is CC(C)(C)NC(=O)C(CCCCn1nnc(-c2ccccc2)n1)N1CCOCC1. The van der Waals surface area contributed by atoms with Gasteiger partial charge in [-0.15, -0.1) is 10.2 Å². The molecule has 0 spiro atoms. The molecule has 1 fully saturated rings. The fourth-order valence-corrected chi connectivity index (χ4v) is 3.45. The van der Waals surface area contributed by atoms with E-state index < -0.39 is 0 Å². The highest BCUT2D eigenvalue weighted by Crippen LogP contribution is 2.15. The zero-order chi connectivity index (χ0) is 20.7. The zero-order valence-corrected chi connectivity index (χ0v) is 17.7. The summed E-state index contributed by atoms with van der Waals surface area (Å²) in [6, 6.07) is 9.72. The fraction of sp³-hybridized carbons (Fsp3) is 0.619. The summed E-state index contributed by atoms with van der Waals surface area (Å²) < 4.78 is 5.45. The summed E-state index contributed by atoms with van der Waals surface area (Å²) in [5.41, 5.74) is 0.727. The summed E-state index contributed by atoms with van der Waals surface area (Å²) in [5.74, 6) is 0.742. The van der Waals surface area contributed by atoms with Crippen LogP contribution in [-0.2, 0) is 16.1 Å². The van der Waals surface area contributed by atoms with Crippen molar-refractivity contribution >= 4 is 5.91 Å². The summed E-state index contributed by atoms with van der Waals surface area (Å²) in [6.45, 7) is 9.71. The van der Waals surface area contributed by atoms with Crippen LogP contribution in [-0.4, -0.2) is 68.9 Å². The fourth-order valence-electron chi connectivity index (χ4n) is 3.45. The predicted molar refractivity (Wildman–Crippen MR) is 111 cm³/mol. The second kappa shape index (κ2) is 9.93. The molecule has 1 aromatic carbocycles. The van der Waals surface area contributed by atoms with Gasteiger partial charge in [0.25, 0.3) is 0 Å². The molecule has 2 aromatic rings. The molecular weight excluding hydrogens is 368 g/mol. The van der Waals surface area contributed by atoms with Gasteiger partial charge in [-0.3, -0.25) is 9.69 Å². The number of amides is 1. The van der Waals surface area contributed by atoms with Crippen LogP contribution < -0.4 is 5.32 Å². The van der Waals surface area contributed by atoms with Crippen LogP contribution in [0.5, 0.6) is 0 Å². The third kappa shape index (κ3) is 6.61. The quantitative estimate of drug-likeness (QED) is 0.683. The Balaban J connectivity index is 1.51. The molecule has 0 bridgehead atoms. The van der Waals surface area contributed by atoms with Crippen molar-refractivity contribution in [1.82, 2.24) is 30.4 Å². The maximum absolute atomic E-state index is 12.8. The van der Waals surface area contributed by atoms with Crippen LogP contribution in [0.15, 0.2) is 30.3 Å². The first kappa shape index (κ1) is 21.4. The van der Waals surface area contributed by atoms with Gasteiger partial charge < -0.3 is 10.1 Å². The van der Waals surface area contributed by atoms with E-state index in [2.05, 4.69) is 25.6 Å². The van der Waals surface area contributed by atoms with E-state index in [0.717, 1.165) is 37.9 Å². The van der Waals surface area contributed by atoms with Gasteiger partial charge in [0.1, 0.15) is 0 Å². The minimum absolute atomic E-state index is 0.102. The number of nitrogens with zero attached hydrogens (tertiary/aromatic N) is 5. The van der Waals surface area contributed by atoms with Crippen LogP contribution in [0.1, 0.15) is 40.0 Å². The van der Waals surface area contributed by atoms with Crippen molar-refractivity contribution in [2.24, 2.45) is 0 Å². The molecular formula is C21H32N6O2. The topological polar surface area (TPSA) is 85.2 Å². The van der Waals surface area contributed by atoms with Gasteiger partial charge in [0, 0.05) is 24.2 Å². The standard InChI is InChI=1S/C21H32N6O2/c1-21(2,3)22-20(28)18(26-13-15-29-16-14-26)11-7-8-12-27-24-19(23-25-27)17-9-5-4-6-10-17/h4-6,9-10,18H,7-8,11-16H2,1-3H3,(H,22,28). The molecule has 1 unspecified atom stereocenters. The second-order valence-electron chi connectivity index (χ2n) is 8.47. The van der Waals surface area contributed by atoms with E-state index >= 15 is 0 Å². The van der Waals surface area contributed by atoms with Crippen LogP contribution >= 0.6 is 0 Å². The van der Waals surface area contributed by atoms with Gasteiger partial charge in [-0.05, 0) is 45.2 Å². The number of morpholine rings is 1. The van der Waals surface area contributed by atoms with Gasteiger partial charge in [0.2, 0.25) is 11.7 Å².